The molecule has 0 amide bonds. The largest absolute Gasteiger partial charge is 0.497 e. The molecule has 1 fully saturated rings. The number of nitrogens with one attached hydrogen (secondary N) is 1. The number of halogens is 1. The van der Waals surface area contributed by atoms with Gasteiger partial charge in [-0.15, -0.1) is 24.0 Å². The van der Waals surface area contributed by atoms with Gasteiger partial charge in [0, 0.05) is 58.5 Å². The zero-order chi connectivity index (χ0) is 20.6. The Morgan fingerprint density at radius 3 is 2.31 bits per heavy atom. The van der Waals surface area contributed by atoms with Crippen molar-refractivity contribution in [2.75, 3.05) is 71.1 Å². The van der Waals surface area contributed by atoms with Crippen LogP contribution in [0, 0.1) is 0 Å². The number of aliphatic imine (C=N–C) groups is 1. The molecular weight excluding hydrogens is 505 g/mol. The van der Waals surface area contributed by atoms with Crippen molar-refractivity contribution in [2.45, 2.75) is 13.3 Å². The van der Waals surface area contributed by atoms with Gasteiger partial charge in [-0.3, -0.25) is 4.99 Å². The third-order valence-electron chi connectivity index (χ3n) is 4.92. The Bertz CT molecular complexity index is 735. The minimum absolute atomic E-state index is 0. The third kappa shape index (κ3) is 7.82. The van der Waals surface area contributed by atoms with E-state index in [0.717, 1.165) is 44.3 Å². The Morgan fingerprint density at radius 2 is 1.83 bits per heavy atom. The van der Waals surface area contributed by atoms with Gasteiger partial charge < -0.3 is 19.9 Å². The first-order chi connectivity index (χ1) is 13.4. The van der Waals surface area contributed by atoms with E-state index < -0.39 is 10.0 Å². The molecule has 0 bridgehead atoms. The highest BCUT2D eigenvalue weighted by Crippen LogP contribution is 2.20. The summed E-state index contributed by atoms with van der Waals surface area (Å²) in [5, 5.41) is 3.36. The summed E-state index contributed by atoms with van der Waals surface area (Å²) < 4.78 is 30.0. The molecule has 1 aromatic carbocycles. The van der Waals surface area contributed by atoms with Gasteiger partial charge in [0.15, 0.2) is 5.96 Å². The minimum Gasteiger partial charge on any atom is -0.497 e. The second kappa shape index (κ2) is 12.4. The molecule has 0 unspecified atom stereocenters. The van der Waals surface area contributed by atoms with Gasteiger partial charge in [-0.1, -0.05) is 6.92 Å². The second-order valence-electron chi connectivity index (χ2n) is 6.75. The Balaban J connectivity index is 0.00000420. The van der Waals surface area contributed by atoms with Crippen molar-refractivity contribution in [1.29, 1.82) is 0 Å². The number of ether oxygens (including phenoxy) is 1. The van der Waals surface area contributed by atoms with E-state index in [9.17, 15) is 8.42 Å². The predicted octanol–water partition coefficient (Wildman–Crippen LogP) is 1.68. The van der Waals surface area contributed by atoms with Crippen LogP contribution in [0.25, 0.3) is 0 Å². The van der Waals surface area contributed by atoms with Gasteiger partial charge in [-0.25, -0.2) is 12.7 Å². The highest BCUT2D eigenvalue weighted by atomic mass is 127. The molecule has 0 spiro atoms. The van der Waals surface area contributed by atoms with Crippen LogP contribution in [-0.2, 0) is 10.0 Å². The fraction of sp³-hybridized carbons (Fsp3) is 0.632. The highest BCUT2D eigenvalue weighted by Gasteiger charge is 2.20. The molecule has 0 aliphatic carbocycles. The lowest BCUT2D eigenvalue weighted by Gasteiger charge is -2.37. The van der Waals surface area contributed by atoms with Gasteiger partial charge in [0.2, 0.25) is 10.0 Å². The zero-order valence-electron chi connectivity index (χ0n) is 17.8. The molecular formula is C19H34IN5O3S. The number of guanidine groups is 1. The van der Waals surface area contributed by atoms with Crippen LogP contribution in [0.4, 0.5) is 5.69 Å². The fourth-order valence-corrected chi connectivity index (χ4v) is 4.25. The Morgan fingerprint density at radius 1 is 1.21 bits per heavy atom. The smallest absolute Gasteiger partial charge is 0.211 e. The summed E-state index contributed by atoms with van der Waals surface area (Å²) in [4.78, 5) is 8.98. The molecule has 0 aromatic heterocycles. The molecule has 29 heavy (non-hydrogen) atoms. The molecule has 10 heteroatoms. The maximum Gasteiger partial charge on any atom is 0.211 e. The normalized spacial score (nSPS) is 15.3. The lowest BCUT2D eigenvalue weighted by Crippen LogP contribution is -2.52. The van der Waals surface area contributed by atoms with Crippen LogP contribution in [0.2, 0.25) is 0 Å². The molecule has 1 N–H and O–H groups in total. The Kier molecular flexibility index (Phi) is 11.0. The van der Waals surface area contributed by atoms with Crippen LogP contribution in [0.1, 0.15) is 13.3 Å². The maximum atomic E-state index is 11.6. The van der Waals surface area contributed by atoms with E-state index in [2.05, 4.69) is 32.2 Å². The average molecular weight is 539 g/mol. The predicted molar refractivity (Wildman–Crippen MR) is 130 cm³/mol. The summed E-state index contributed by atoms with van der Waals surface area (Å²) in [7, 11) is 0.331. The van der Waals surface area contributed by atoms with E-state index in [1.807, 2.05) is 19.1 Å². The third-order valence-corrected chi connectivity index (χ3v) is 6.30. The first-order valence-corrected chi connectivity index (χ1v) is 11.5. The van der Waals surface area contributed by atoms with E-state index in [1.54, 1.807) is 14.2 Å². The minimum atomic E-state index is -3.13. The van der Waals surface area contributed by atoms with Crippen LogP contribution in [0.15, 0.2) is 29.3 Å². The molecule has 0 atom stereocenters. The lowest BCUT2D eigenvalue weighted by atomic mass is 10.2. The molecule has 0 saturated carbocycles. The monoisotopic (exact) mass is 539 g/mol. The molecule has 166 valence electrons. The standard InChI is InChI=1S/C19H33N5O3S.HI/c1-5-24(28(4,25)26)12-6-11-21-19(20-2)23-15-13-22(14-16-23)17-7-9-18(27-3)10-8-17;/h7-10H,5-6,11-16H2,1-4H3,(H,20,21);1H. The molecule has 8 nitrogen and oxygen atoms in total. The van der Waals surface area contributed by atoms with Crippen LogP contribution < -0.4 is 15.0 Å². The number of nitrogens with zero attached hydrogens (tertiary/aromatic N) is 4. The van der Waals surface area contributed by atoms with E-state index in [4.69, 9.17) is 4.74 Å². The van der Waals surface area contributed by atoms with Gasteiger partial charge in [-0.2, -0.15) is 0 Å². The van der Waals surface area contributed by atoms with E-state index in [-0.39, 0.29) is 24.0 Å². The summed E-state index contributed by atoms with van der Waals surface area (Å²) in [5.74, 6) is 1.74. The number of rotatable bonds is 8. The van der Waals surface area contributed by atoms with Crippen molar-refractivity contribution in [3.63, 3.8) is 0 Å². The molecule has 1 aromatic rings. The number of piperazine rings is 1. The first-order valence-electron chi connectivity index (χ1n) is 9.68. The SMILES string of the molecule is CCN(CCCNC(=NC)N1CCN(c2ccc(OC)cc2)CC1)S(C)(=O)=O.I. The van der Waals surface area contributed by atoms with Crippen LogP contribution in [-0.4, -0.2) is 89.8 Å². The zero-order valence-corrected chi connectivity index (χ0v) is 20.9. The van der Waals surface area contributed by atoms with Crippen molar-refractivity contribution < 1.29 is 13.2 Å². The van der Waals surface area contributed by atoms with Gasteiger partial charge in [0.05, 0.1) is 13.4 Å². The number of sulfonamides is 1. The summed E-state index contributed by atoms with van der Waals surface area (Å²) in [5.41, 5.74) is 1.20. The van der Waals surface area contributed by atoms with Gasteiger partial charge in [0.25, 0.3) is 0 Å². The van der Waals surface area contributed by atoms with Crippen molar-refractivity contribution in [3.05, 3.63) is 24.3 Å². The van der Waals surface area contributed by atoms with E-state index in [0.29, 0.717) is 19.6 Å². The molecule has 0 radical (unpaired) electrons. The van der Waals surface area contributed by atoms with Crippen molar-refractivity contribution in [2.24, 2.45) is 4.99 Å². The Labute approximate surface area is 192 Å². The van der Waals surface area contributed by atoms with Crippen LogP contribution >= 0.6 is 24.0 Å². The molecule has 1 heterocycles. The Hall–Kier alpha value is -1.27. The van der Waals surface area contributed by atoms with E-state index in [1.165, 1.54) is 16.2 Å². The van der Waals surface area contributed by atoms with E-state index >= 15 is 0 Å². The average Bonchev–Trinajstić information content (AvgIpc) is 2.70. The summed E-state index contributed by atoms with van der Waals surface area (Å²) in [6.45, 7) is 7.18. The summed E-state index contributed by atoms with van der Waals surface area (Å²) in [6.07, 6.45) is 2.00. The van der Waals surface area contributed by atoms with Crippen molar-refractivity contribution in [1.82, 2.24) is 14.5 Å². The number of anilines is 1. The number of methoxy groups -OCH3 is 1. The number of hydrogen-bond acceptors (Lipinski definition) is 5. The molecule has 1 aliphatic heterocycles. The maximum absolute atomic E-state index is 11.6. The highest BCUT2D eigenvalue weighted by molar-refractivity contribution is 14.0. The fourth-order valence-electron chi connectivity index (χ4n) is 3.32. The topological polar surface area (TPSA) is 77.5 Å². The molecule has 1 saturated heterocycles. The lowest BCUT2D eigenvalue weighted by molar-refractivity contribution is 0.370. The van der Waals surface area contributed by atoms with Crippen molar-refractivity contribution in [3.8, 4) is 5.75 Å². The van der Waals surface area contributed by atoms with Gasteiger partial charge in [0.1, 0.15) is 5.75 Å². The summed E-state index contributed by atoms with van der Waals surface area (Å²) in [6, 6.07) is 8.14. The van der Waals surface area contributed by atoms with Gasteiger partial charge >= 0.3 is 0 Å². The number of hydrogen-bond donors (Lipinski definition) is 1. The molecule has 2 rings (SSSR count). The molecule has 1 aliphatic rings. The second-order valence-corrected chi connectivity index (χ2v) is 8.74. The first kappa shape index (κ1) is 25.8. The number of benzene rings is 1. The van der Waals surface area contributed by atoms with Crippen LogP contribution in [0.3, 0.4) is 0 Å². The quantitative estimate of drug-likeness (QED) is 0.235. The van der Waals surface area contributed by atoms with Gasteiger partial charge in [-0.05, 0) is 30.7 Å². The van der Waals surface area contributed by atoms with Crippen molar-refractivity contribution >= 4 is 45.6 Å². The summed E-state index contributed by atoms with van der Waals surface area (Å²) >= 11 is 0. The van der Waals surface area contributed by atoms with Crippen LogP contribution in [0.5, 0.6) is 5.75 Å².